The van der Waals surface area contributed by atoms with Crippen molar-refractivity contribution in [2.45, 2.75) is 32.7 Å². The van der Waals surface area contributed by atoms with Crippen LogP contribution in [-0.4, -0.2) is 32.0 Å². The third kappa shape index (κ3) is 5.03. The largest absolute Gasteiger partial charge is 0.497 e. The summed E-state index contributed by atoms with van der Waals surface area (Å²) in [5, 5.41) is 5.81. The highest BCUT2D eigenvalue weighted by molar-refractivity contribution is 6.01. The minimum absolute atomic E-state index is 0.125. The molecule has 0 aromatic heterocycles. The number of nitrogens with one attached hydrogen (secondary N) is 2. The highest BCUT2D eigenvalue weighted by Gasteiger charge is 2.19. The van der Waals surface area contributed by atoms with Gasteiger partial charge in [-0.25, -0.2) is 0 Å². The maximum absolute atomic E-state index is 12.9. The number of anilines is 2. The van der Waals surface area contributed by atoms with Crippen molar-refractivity contribution in [3.63, 3.8) is 0 Å². The lowest BCUT2D eigenvalue weighted by molar-refractivity contribution is -0.114. The highest BCUT2D eigenvalue weighted by Crippen LogP contribution is 2.28. The lowest BCUT2D eigenvalue weighted by atomic mass is 10.1. The van der Waals surface area contributed by atoms with Gasteiger partial charge in [0.2, 0.25) is 5.91 Å². The van der Waals surface area contributed by atoms with Gasteiger partial charge in [-0.15, -0.1) is 0 Å². The molecule has 1 aliphatic heterocycles. The van der Waals surface area contributed by atoms with Gasteiger partial charge in [0.05, 0.1) is 18.4 Å². The van der Waals surface area contributed by atoms with E-state index in [1.807, 2.05) is 30.3 Å². The number of methoxy groups -OCH3 is 1. The molecular formula is C22H27N3O3. The van der Waals surface area contributed by atoms with E-state index < -0.39 is 0 Å². The van der Waals surface area contributed by atoms with Gasteiger partial charge in [0.25, 0.3) is 5.91 Å². The van der Waals surface area contributed by atoms with Gasteiger partial charge in [-0.1, -0.05) is 12.1 Å². The van der Waals surface area contributed by atoms with E-state index in [-0.39, 0.29) is 11.8 Å². The first-order valence-corrected chi connectivity index (χ1v) is 9.64. The van der Waals surface area contributed by atoms with Crippen LogP contribution in [0.25, 0.3) is 0 Å². The van der Waals surface area contributed by atoms with Crippen molar-refractivity contribution in [3.05, 3.63) is 53.6 Å². The van der Waals surface area contributed by atoms with E-state index in [9.17, 15) is 9.59 Å². The summed E-state index contributed by atoms with van der Waals surface area (Å²) in [6.45, 7) is 3.73. The molecule has 0 radical (unpaired) electrons. The number of carbonyl (C=O) groups is 2. The minimum atomic E-state index is -0.127. The lowest BCUT2D eigenvalue weighted by Gasteiger charge is -2.30. The number of rotatable bonds is 6. The molecular weight excluding hydrogens is 354 g/mol. The summed E-state index contributed by atoms with van der Waals surface area (Å²) in [5.41, 5.74) is 3.17. The number of hydrogen-bond donors (Lipinski definition) is 2. The third-order valence-corrected chi connectivity index (χ3v) is 4.85. The summed E-state index contributed by atoms with van der Waals surface area (Å²) in [6, 6.07) is 13.1. The molecule has 0 bridgehead atoms. The molecule has 2 amide bonds. The van der Waals surface area contributed by atoms with Crippen molar-refractivity contribution >= 4 is 23.2 Å². The fourth-order valence-corrected chi connectivity index (χ4v) is 3.46. The number of piperidine rings is 1. The number of nitrogens with zero attached hydrogens (tertiary/aromatic N) is 1. The van der Waals surface area contributed by atoms with Crippen molar-refractivity contribution in [3.8, 4) is 5.75 Å². The Kier molecular flexibility index (Phi) is 6.53. The third-order valence-electron chi connectivity index (χ3n) is 4.85. The molecule has 0 atom stereocenters. The number of hydrogen-bond acceptors (Lipinski definition) is 4. The van der Waals surface area contributed by atoms with Gasteiger partial charge < -0.3 is 20.3 Å². The topological polar surface area (TPSA) is 70.7 Å². The molecule has 6 heteroatoms. The van der Waals surface area contributed by atoms with Crippen LogP contribution in [0.2, 0.25) is 0 Å². The number of benzene rings is 2. The van der Waals surface area contributed by atoms with Gasteiger partial charge in [-0.2, -0.15) is 0 Å². The maximum atomic E-state index is 12.9. The van der Waals surface area contributed by atoms with Gasteiger partial charge in [-0.05, 0) is 55.2 Å². The van der Waals surface area contributed by atoms with E-state index in [1.165, 1.54) is 13.3 Å². The Morgan fingerprint density at radius 2 is 1.86 bits per heavy atom. The van der Waals surface area contributed by atoms with E-state index in [0.29, 0.717) is 17.8 Å². The van der Waals surface area contributed by atoms with E-state index in [4.69, 9.17) is 4.74 Å². The zero-order chi connectivity index (χ0) is 19.9. The molecule has 1 saturated heterocycles. The second-order valence-corrected chi connectivity index (χ2v) is 7.00. The number of amides is 2. The Morgan fingerprint density at radius 3 is 2.57 bits per heavy atom. The lowest BCUT2D eigenvalue weighted by Crippen LogP contribution is -2.32. The van der Waals surface area contributed by atoms with Crippen LogP contribution in [0, 0.1) is 0 Å². The predicted octanol–water partition coefficient (Wildman–Crippen LogP) is 3.57. The average molecular weight is 381 g/mol. The second kappa shape index (κ2) is 9.26. The molecule has 6 nitrogen and oxygen atoms in total. The predicted molar refractivity (Wildman–Crippen MR) is 111 cm³/mol. The van der Waals surface area contributed by atoms with Crippen LogP contribution < -0.4 is 20.3 Å². The quantitative estimate of drug-likeness (QED) is 0.802. The van der Waals surface area contributed by atoms with Crippen LogP contribution in [0.5, 0.6) is 5.75 Å². The first kappa shape index (κ1) is 19.7. The van der Waals surface area contributed by atoms with E-state index >= 15 is 0 Å². The molecule has 2 N–H and O–H groups in total. The fourth-order valence-electron chi connectivity index (χ4n) is 3.46. The van der Waals surface area contributed by atoms with Crippen LogP contribution in [-0.2, 0) is 11.3 Å². The zero-order valence-corrected chi connectivity index (χ0v) is 16.5. The first-order chi connectivity index (χ1) is 13.6. The summed E-state index contributed by atoms with van der Waals surface area (Å²) < 4.78 is 5.24. The molecule has 1 fully saturated rings. The fraction of sp³-hybridized carbons (Fsp3) is 0.364. The van der Waals surface area contributed by atoms with Crippen molar-refractivity contribution in [1.82, 2.24) is 5.32 Å². The van der Waals surface area contributed by atoms with E-state index in [0.717, 1.165) is 42.9 Å². The molecule has 3 rings (SSSR count). The van der Waals surface area contributed by atoms with Crippen molar-refractivity contribution in [2.75, 3.05) is 30.4 Å². The SMILES string of the molecule is COc1cccc(CNC(=O)c2ccc(NC(C)=O)cc2N2CCCCC2)c1. The van der Waals surface area contributed by atoms with Crippen molar-refractivity contribution in [1.29, 1.82) is 0 Å². The van der Waals surface area contributed by atoms with E-state index in [1.54, 1.807) is 19.2 Å². The monoisotopic (exact) mass is 381 g/mol. The Hall–Kier alpha value is -3.02. The Bertz CT molecular complexity index is 845. The van der Waals surface area contributed by atoms with Crippen LogP contribution in [0.15, 0.2) is 42.5 Å². The normalized spacial score (nSPS) is 13.7. The second-order valence-electron chi connectivity index (χ2n) is 7.00. The van der Waals surface area contributed by atoms with E-state index in [2.05, 4.69) is 15.5 Å². The van der Waals surface area contributed by atoms with Crippen LogP contribution in [0.4, 0.5) is 11.4 Å². The number of ether oxygens (including phenoxy) is 1. The smallest absolute Gasteiger partial charge is 0.253 e. The van der Waals surface area contributed by atoms with Gasteiger partial charge in [0.15, 0.2) is 0 Å². The van der Waals surface area contributed by atoms with Gasteiger partial charge in [0, 0.05) is 32.2 Å². The summed E-state index contributed by atoms with van der Waals surface area (Å²) >= 11 is 0. The first-order valence-electron chi connectivity index (χ1n) is 9.64. The molecule has 0 spiro atoms. The molecule has 2 aromatic rings. The summed E-state index contributed by atoms with van der Waals surface area (Å²) in [7, 11) is 1.62. The van der Waals surface area contributed by atoms with Gasteiger partial charge in [0.1, 0.15) is 5.75 Å². The Labute approximate surface area is 165 Å². The molecule has 148 valence electrons. The van der Waals surface area contributed by atoms with Gasteiger partial charge in [-0.3, -0.25) is 9.59 Å². The van der Waals surface area contributed by atoms with Crippen molar-refractivity contribution < 1.29 is 14.3 Å². The maximum Gasteiger partial charge on any atom is 0.253 e. The van der Waals surface area contributed by atoms with Crippen LogP contribution in [0.1, 0.15) is 42.1 Å². The standard InChI is InChI=1S/C22H27N3O3/c1-16(26)24-18-9-10-20(21(14-18)25-11-4-3-5-12-25)22(27)23-15-17-7-6-8-19(13-17)28-2/h6-10,13-14H,3-5,11-12,15H2,1-2H3,(H,23,27)(H,24,26). The Morgan fingerprint density at radius 1 is 1.07 bits per heavy atom. The molecule has 1 aliphatic rings. The van der Waals surface area contributed by atoms with Crippen LogP contribution >= 0.6 is 0 Å². The summed E-state index contributed by atoms with van der Waals surface area (Å²) in [6.07, 6.45) is 3.42. The number of carbonyl (C=O) groups excluding carboxylic acids is 2. The average Bonchev–Trinajstić information content (AvgIpc) is 2.72. The Balaban J connectivity index is 1.79. The molecule has 0 saturated carbocycles. The highest BCUT2D eigenvalue weighted by atomic mass is 16.5. The van der Waals surface area contributed by atoms with Gasteiger partial charge >= 0.3 is 0 Å². The molecule has 0 aliphatic carbocycles. The summed E-state index contributed by atoms with van der Waals surface area (Å²) in [5.74, 6) is 0.512. The van der Waals surface area contributed by atoms with Crippen molar-refractivity contribution in [2.24, 2.45) is 0 Å². The zero-order valence-electron chi connectivity index (χ0n) is 16.5. The van der Waals surface area contributed by atoms with Crippen LogP contribution in [0.3, 0.4) is 0 Å². The minimum Gasteiger partial charge on any atom is -0.497 e. The molecule has 2 aromatic carbocycles. The molecule has 0 unspecified atom stereocenters. The summed E-state index contributed by atoms with van der Waals surface area (Å²) in [4.78, 5) is 26.6. The molecule has 28 heavy (non-hydrogen) atoms. The molecule has 1 heterocycles.